The molecular formula is C15H22N4O4. The topological polar surface area (TPSA) is 110 Å². The summed E-state index contributed by atoms with van der Waals surface area (Å²) in [5, 5.41) is 12.2. The van der Waals surface area contributed by atoms with E-state index in [1.54, 1.807) is 6.92 Å². The number of aromatic nitrogens is 4. The van der Waals surface area contributed by atoms with Crippen molar-refractivity contribution in [2.24, 2.45) is 0 Å². The van der Waals surface area contributed by atoms with Gasteiger partial charge < -0.3 is 9.84 Å². The van der Waals surface area contributed by atoms with Crippen LogP contribution >= 0.6 is 0 Å². The van der Waals surface area contributed by atoms with Crippen molar-refractivity contribution in [1.29, 1.82) is 0 Å². The number of carboxylic acid groups (broad SMARTS) is 1. The van der Waals surface area contributed by atoms with Crippen molar-refractivity contribution in [3.8, 4) is 0 Å². The van der Waals surface area contributed by atoms with Gasteiger partial charge in [-0.2, -0.15) is 9.50 Å². The van der Waals surface area contributed by atoms with E-state index in [1.807, 2.05) is 0 Å². The van der Waals surface area contributed by atoms with Crippen LogP contribution in [-0.4, -0.2) is 36.3 Å². The third-order valence-corrected chi connectivity index (χ3v) is 4.04. The molecule has 0 amide bonds. The van der Waals surface area contributed by atoms with Crippen LogP contribution in [0.2, 0.25) is 0 Å². The zero-order valence-corrected chi connectivity index (χ0v) is 12.3. The lowest BCUT2D eigenvalue weighted by Crippen LogP contribution is -2.43. The van der Waals surface area contributed by atoms with Crippen molar-refractivity contribution < 1.29 is 14.6 Å². The molecule has 8 heteroatoms. The summed E-state index contributed by atoms with van der Waals surface area (Å²) in [5.74, 6) is -0.103. The number of carbonyl (C=O) groups is 1. The number of hydrogen-bond donors (Lipinski definition) is 2. The first-order valence-corrected chi connectivity index (χ1v) is 7.33. The summed E-state index contributed by atoms with van der Waals surface area (Å²) in [7, 11) is 0. The second-order valence-electron chi connectivity index (χ2n) is 5.68. The fourth-order valence-electron chi connectivity index (χ4n) is 2.86. The van der Waals surface area contributed by atoms with Crippen LogP contribution in [0, 0.1) is 6.92 Å². The van der Waals surface area contributed by atoms with Crippen LogP contribution in [0.15, 0.2) is 10.9 Å². The van der Waals surface area contributed by atoms with Crippen LogP contribution in [0.5, 0.6) is 0 Å². The minimum absolute atomic E-state index is 0. The SMILES string of the molecule is C.Cc1nc2nc(COC3(C(=O)O)CCCCC3)cc(=O)n2[nH]1. The molecular weight excluding hydrogens is 300 g/mol. The molecule has 0 unspecified atom stereocenters. The van der Waals surface area contributed by atoms with Gasteiger partial charge >= 0.3 is 5.97 Å². The molecule has 0 aliphatic heterocycles. The Bertz CT molecular complexity index is 758. The van der Waals surface area contributed by atoms with Crippen molar-refractivity contribution in [2.75, 3.05) is 0 Å². The molecule has 0 saturated heterocycles. The third kappa shape index (κ3) is 3.26. The van der Waals surface area contributed by atoms with E-state index in [-0.39, 0.29) is 25.4 Å². The van der Waals surface area contributed by atoms with Crippen LogP contribution in [0.4, 0.5) is 0 Å². The fraction of sp³-hybridized carbons (Fsp3) is 0.600. The van der Waals surface area contributed by atoms with Gasteiger partial charge in [-0.1, -0.05) is 13.8 Å². The van der Waals surface area contributed by atoms with E-state index in [0.29, 0.717) is 24.4 Å². The number of H-pyrrole nitrogens is 1. The molecule has 23 heavy (non-hydrogen) atoms. The van der Waals surface area contributed by atoms with E-state index in [2.05, 4.69) is 15.1 Å². The lowest BCUT2D eigenvalue weighted by Gasteiger charge is -2.32. The normalized spacial score (nSPS) is 16.9. The second kappa shape index (κ2) is 6.49. The number of nitrogens with one attached hydrogen (secondary N) is 1. The number of hydrogen-bond acceptors (Lipinski definition) is 5. The van der Waals surface area contributed by atoms with Gasteiger partial charge in [-0.25, -0.2) is 9.78 Å². The highest BCUT2D eigenvalue weighted by molar-refractivity contribution is 5.77. The van der Waals surface area contributed by atoms with E-state index >= 15 is 0 Å². The summed E-state index contributed by atoms with van der Waals surface area (Å²) in [6.07, 6.45) is 3.67. The van der Waals surface area contributed by atoms with Crippen LogP contribution in [-0.2, 0) is 16.1 Å². The summed E-state index contributed by atoms with van der Waals surface area (Å²) in [4.78, 5) is 31.8. The molecule has 0 aromatic carbocycles. The average molecular weight is 322 g/mol. The molecule has 1 aliphatic rings. The van der Waals surface area contributed by atoms with Gasteiger partial charge in [-0.05, 0) is 32.6 Å². The molecule has 0 bridgehead atoms. The van der Waals surface area contributed by atoms with Gasteiger partial charge in [0.2, 0.25) is 0 Å². The largest absolute Gasteiger partial charge is 0.479 e. The van der Waals surface area contributed by atoms with Gasteiger partial charge in [0, 0.05) is 6.07 Å². The molecule has 2 heterocycles. The predicted octanol–water partition coefficient (Wildman–Crippen LogP) is 1.67. The highest BCUT2D eigenvalue weighted by atomic mass is 16.5. The molecule has 2 N–H and O–H groups in total. The van der Waals surface area contributed by atoms with Crippen LogP contribution < -0.4 is 5.56 Å². The number of aliphatic carboxylic acids is 1. The molecule has 1 saturated carbocycles. The number of nitrogens with zero attached hydrogens (tertiary/aromatic N) is 3. The maximum absolute atomic E-state index is 12.0. The van der Waals surface area contributed by atoms with E-state index < -0.39 is 11.6 Å². The molecule has 3 rings (SSSR count). The Morgan fingerprint density at radius 1 is 1.39 bits per heavy atom. The van der Waals surface area contributed by atoms with Crippen molar-refractivity contribution in [2.45, 2.75) is 58.7 Å². The molecule has 8 nitrogen and oxygen atoms in total. The van der Waals surface area contributed by atoms with Gasteiger partial charge in [0.25, 0.3) is 11.3 Å². The van der Waals surface area contributed by atoms with E-state index in [9.17, 15) is 14.7 Å². The van der Waals surface area contributed by atoms with Crippen LogP contribution in [0.1, 0.15) is 51.0 Å². The van der Waals surface area contributed by atoms with E-state index in [1.165, 1.54) is 10.6 Å². The first kappa shape index (κ1) is 17.1. The van der Waals surface area contributed by atoms with Crippen LogP contribution in [0.3, 0.4) is 0 Å². The van der Waals surface area contributed by atoms with Gasteiger partial charge in [0.05, 0.1) is 12.3 Å². The summed E-state index contributed by atoms with van der Waals surface area (Å²) in [5.41, 5.74) is -1.06. The molecule has 1 fully saturated rings. The standard InChI is InChI=1S/C14H18N4O4.CH4/c1-9-15-13-16-10(7-11(19)18(13)17-9)8-22-14(12(20)21)5-3-2-4-6-14;/h7H,2-6,8H2,1H3,(H,20,21)(H,15,16,17);1H4. The fourth-order valence-corrected chi connectivity index (χ4v) is 2.86. The summed E-state index contributed by atoms with van der Waals surface area (Å²) >= 11 is 0. The lowest BCUT2D eigenvalue weighted by atomic mass is 9.84. The van der Waals surface area contributed by atoms with Gasteiger partial charge in [0.15, 0.2) is 5.60 Å². The van der Waals surface area contributed by atoms with Crippen molar-refractivity contribution in [1.82, 2.24) is 19.6 Å². The minimum Gasteiger partial charge on any atom is -0.479 e. The Hall–Kier alpha value is -2.22. The molecule has 0 spiro atoms. The zero-order chi connectivity index (χ0) is 15.7. The van der Waals surface area contributed by atoms with E-state index in [4.69, 9.17) is 4.74 Å². The number of ether oxygens (including phenoxy) is 1. The van der Waals surface area contributed by atoms with Gasteiger partial charge in [0.1, 0.15) is 5.82 Å². The number of aromatic amines is 1. The Labute approximate surface area is 133 Å². The minimum atomic E-state index is -1.16. The van der Waals surface area contributed by atoms with Gasteiger partial charge in [-0.3, -0.25) is 9.89 Å². The zero-order valence-electron chi connectivity index (χ0n) is 12.3. The highest BCUT2D eigenvalue weighted by Crippen LogP contribution is 2.32. The Morgan fingerprint density at radius 2 is 2.09 bits per heavy atom. The van der Waals surface area contributed by atoms with E-state index in [0.717, 1.165) is 19.3 Å². The Morgan fingerprint density at radius 3 is 2.74 bits per heavy atom. The summed E-state index contributed by atoms with van der Waals surface area (Å²) in [6, 6.07) is 1.34. The van der Waals surface area contributed by atoms with Crippen molar-refractivity contribution in [3.63, 3.8) is 0 Å². The molecule has 0 atom stereocenters. The maximum Gasteiger partial charge on any atom is 0.335 e. The first-order chi connectivity index (χ1) is 10.5. The average Bonchev–Trinajstić information content (AvgIpc) is 2.87. The molecule has 2 aromatic heterocycles. The van der Waals surface area contributed by atoms with Crippen molar-refractivity contribution in [3.05, 3.63) is 27.9 Å². The lowest BCUT2D eigenvalue weighted by molar-refractivity contribution is -0.173. The molecule has 1 aliphatic carbocycles. The van der Waals surface area contributed by atoms with Gasteiger partial charge in [-0.15, -0.1) is 0 Å². The predicted molar refractivity (Wildman–Crippen MR) is 83.3 cm³/mol. The highest BCUT2D eigenvalue weighted by Gasteiger charge is 2.40. The number of carboxylic acids is 1. The van der Waals surface area contributed by atoms with Crippen molar-refractivity contribution >= 4 is 11.7 Å². The van der Waals surface area contributed by atoms with Crippen LogP contribution in [0.25, 0.3) is 5.78 Å². The molecule has 0 radical (unpaired) electrons. The number of fused-ring (bicyclic) bond motifs is 1. The monoisotopic (exact) mass is 322 g/mol. The smallest absolute Gasteiger partial charge is 0.335 e. The number of rotatable bonds is 4. The number of aryl methyl sites for hydroxylation is 1. The maximum atomic E-state index is 12.0. The third-order valence-electron chi connectivity index (χ3n) is 4.04. The quantitative estimate of drug-likeness (QED) is 0.886. The first-order valence-electron chi connectivity index (χ1n) is 7.33. The molecule has 2 aromatic rings. The Kier molecular flexibility index (Phi) is 4.84. The Balaban J connectivity index is 0.00000192. The summed E-state index contributed by atoms with van der Waals surface area (Å²) in [6.45, 7) is 1.72. The summed E-state index contributed by atoms with van der Waals surface area (Å²) < 4.78 is 6.92. The second-order valence-corrected chi connectivity index (χ2v) is 5.68. The molecule has 126 valence electrons.